The highest BCUT2D eigenvalue weighted by Gasteiger charge is 2.25. The molecule has 120 valence electrons. The number of rotatable bonds is 4. The quantitative estimate of drug-likeness (QED) is 0.940. The van der Waals surface area contributed by atoms with Gasteiger partial charge in [0.2, 0.25) is 5.89 Å². The van der Waals surface area contributed by atoms with Crippen molar-refractivity contribution in [3.63, 3.8) is 0 Å². The Balaban J connectivity index is 1.62. The Morgan fingerprint density at radius 2 is 2.27 bits per heavy atom. The summed E-state index contributed by atoms with van der Waals surface area (Å²) in [5.41, 5.74) is -0.0877. The van der Waals surface area contributed by atoms with Crippen molar-refractivity contribution in [2.24, 2.45) is 0 Å². The first-order chi connectivity index (χ1) is 10.4. The van der Waals surface area contributed by atoms with E-state index < -0.39 is 0 Å². The van der Waals surface area contributed by atoms with Gasteiger partial charge in [-0.05, 0) is 19.8 Å². The van der Waals surface area contributed by atoms with Gasteiger partial charge in [0.15, 0.2) is 5.82 Å². The van der Waals surface area contributed by atoms with Crippen molar-refractivity contribution < 1.29 is 4.52 Å². The highest BCUT2D eigenvalue weighted by Crippen LogP contribution is 2.26. The first-order valence-corrected chi connectivity index (χ1v) is 8.03. The zero-order valence-corrected chi connectivity index (χ0v) is 13.8. The van der Waals surface area contributed by atoms with E-state index in [0.29, 0.717) is 11.8 Å². The fourth-order valence-corrected chi connectivity index (χ4v) is 2.82. The maximum atomic E-state index is 5.40. The molecule has 6 nitrogen and oxygen atoms in total. The van der Waals surface area contributed by atoms with Gasteiger partial charge >= 0.3 is 0 Å². The number of hydrogen-bond acceptors (Lipinski definition) is 5. The van der Waals surface area contributed by atoms with Gasteiger partial charge in [0.25, 0.3) is 0 Å². The van der Waals surface area contributed by atoms with Gasteiger partial charge in [-0.25, -0.2) is 4.98 Å². The Labute approximate surface area is 131 Å². The lowest BCUT2D eigenvalue weighted by Crippen LogP contribution is -2.29. The van der Waals surface area contributed by atoms with Crippen LogP contribution in [0.1, 0.15) is 70.0 Å². The molecule has 0 aromatic carbocycles. The van der Waals surface area contributed by atoms with Crippen molar-refractivity contribution in [3.8, 4) is 0 Å². The molecule has 2 atom stereocenters. The van der Waals surface area contributed by atoms with E-state index in [1.807, 2.05) is 6.20 Å². The molecule has 0 bridgehead atoms. The van der Waals surface area contributed by atoms with E-state index in [1.54, 1.807) is 0 Å². The van der Waals surface area contributed by atoms with Crippen LogP contribution in [0.15, 0.2) is 16.9 Å². The van der Waals surface area contributed by atoms with Crippen molar-refractivity contribution in [1.29, 1.82) is 0 Å². The Hall–Kier alpha value is -1.69. The number of fused-ring (bicyclic) bond motifs is 1. The minimum atomic E-state index is -0.0877. The summed E-state index contributed by atoms with van der Waals surface area (Å²) in [5, 5.41) is 7.60. The molecule has 2 aromatic heterocycles. The molecular weight excluding hydrogens is 278 g/mol. The van der Waals surface area contributed by atoms with Gasteiger partial charge in [-0.1, -0.05) is 25.9 Å². The number of hydrogen-bond donors (Lipinski definition) is 1. The number of aryl methyl sites for hydroxylation is 1. The number of imidazole rings is 1. The molecular formula is C16H25N5O. The van der Waals surface area contributed by atoms with Crippen LogP contribution in [0.2, 0.25) is 0 Å². The largest absolute Gasteiger partial charge is 0.338 e. The molecule has 3 heterocycles. The predicted molar refractivity (Wildman–Crippen MR) is 83.6 cm³/mol. The van der Waals surface area contributed by atoms with E-state index in [0.717, 1.165) is 18.9 Å². The summed E-state index contributed by atoms with van der Waals surface area (Å²) in [6.07, 6.45) is 6.34. The number of nitrogens with one attached hydrogen (secondary N) is 1. The molecule has 22 heavy (non-hydrogen) atoms. The van der Waals surface area contributed by atoms with Gasteiger partial charge in [-0.2, -0.15) is 4.98 Å². The minimum Gasteiger partial charge on any atom is -0.338 e. The average molecular weight is 303 g/mol. The van der Waals surface area contributed by atoms with E-state index in [9.17, 15) is 0 Å². The highest BCUT2D eigenvalue weighted by atomic mass is 16.5. The minimum absolute atomic E-state index is 0.0499. The molecule has 1 aliphatic rings. The lowest BCUT2D eigenvalue weighted by molar-refractivity contribution is 0.322. The van der Waals surface area contributed by atoms with Crippen LogP contribution in [0, 0.1) is 0 Å². The van der Waals surface area contributed by atoms with Crippen molar-refractivity contribution in [3.05, 3.63) is 29.9 Å². The molecule has 0 radical (unpaired) electrons. The highest BCUT2D eigenvalue weighted by molar-refractivity contribution is 5.05. The van der Waals surface area contributed by atoms with Crippen molar-refractivity contribution in [2.45, 2.75) is 64.5 Å². The monoisotopic (exact) mass is 303 g/mol. The van der Waals surface area contributed by atoms with E-state index in [4.69, 9.17) is 4.52 Å². The summed E-state index contributed by atoms with van der Waals surface area (Å²) in [6, 6.07) is 0.0499. The molecule has 2 aromatic rings. The second-order valence-electron chi connectivity index (χ2n) is 7.15. The molecule has 0 amide bonds. The van der Waals surface area contributed by atoms with Crippen LogP contribution in [-0.2, 0) is 12.0 Å². The van der Waals surface area contributed by atoms with Gasteiger partial charge in [0.1, 0.15) is 5.82 Å². The van der Waals surface area contributed by atoms with Gasteiger partial charge in [-0.15, -0.1) is 0 Å². The molecule has 0 saturated carbocycles. The molecule has 0 unspecified atom stereocenters. The molecule has 6 heteroatoms. The van der Waals surface area contributed by atoms with E-state index in [1.165, 1.54) is 18.7 Å². The number of aromatic nitrogens is 4. The second kappa shape index (κ2) is 5.83. The molecule has 0 fully saturated rings. The third-order valence-corrected chi connectivity index (χ3v) is 4.22. The standard InChI is InChI=1S/C16H25N5O/c1-11(14-19-15(20-22-14)16(2,3)4)18-10-12-6-5-8-21-9-7-17-13(12)21/h7,9,11-12,18H,5-6,8,10H2,1-4H3/t11-,12+/m0/s1. The zero-order valence-electron chi connectivity index (χ0n) is 13.8. The van der Waals surface area contributed by atoms with Gasteiger partial charge in [0.05, 0.1) is 6.04 Å². The van der Waals surface area contributed by atoms with Crippen molar-refractivity contribution in [2.75, 3.05) is 6.54 Å². The van der Waals surface area contributed by atoms with Crippen LogP contribution in [0.25, 0.3) is 0 Å². The summed E-state index contributed by atoms with van der Waals surface area (Å²) >= 11 is 0. The average Bonchev–Trinajstić information content (AvgIpc) is 3.12. The van der Waals surface area contributed by atoms with Crippen LogP contribution < -0.4 is 5.32 Å². The summed E-state index contributed by atoms with van der Waals surface area (Å²) in [5.74, 6) is 3.05. The van der Waals surface area contributed by atoms with Crippen LogP contribution in [0.3, 0.4) is 0 Å². The summed E-state index contributed by atoms with van der Waals surface area (Å²) in [6.45, 7) is 10.3. The Morgan fingerprint density at radius 1 is 1.45 bits per heavy atom. The number of nitrogens with zero attached hydrogens (tertiary/aromatic N) is 4. The first-order valence-electron chi connectivity index (χ1n) is 8.03. The van der Waals surface area contributed by atoms with E-state index in [2.05, 4.69) is 58.9 Å². The smallest absolute Gasteiger partial charge is 0.243 e. The maximum Gasteiger partial charge on any atom is 0.243 e. The fourth-order valence-electron chi connectivity index (χ4n) is 2.82. The molecule has 1 aliphatic heterocycles. The topological polar surface area (TPSA) is 68.8 Å². The Bertz CT molecular complexity index is 625. The van der Waals surface area contributed by atoms with Crippen LogP contribution >= 0.6 is 0 Å². The Morgan fingerprint density at radius 3 is 3.00 bits per heavy atom. The zero-order chi connectivity index (χ0) is 15.7. The molecule has 0 spiro atoms. The Kier molecular flexibility index (Phi) is 4.04. The lowest BCUT2D eigenvalue weighted by atomic mass is 9.96. The molecule has 3 rings (SSSR count). The van der Waals surface area contributed by atoms with E-state index >= 15 is 0 Å². The summed E-state index contributed by atoms with van der Waals surface area (Å²) in [7, 11) is 0. The van der Waals surface area contributed by atoms with Crippen molar-refractivity contribution in [1.82, 2.24) is 25.0 Å². The third-order valence-electron chi connectivity index (χ3n) is 4.22. The SMILES string of the molecule is C[C@H](NC[C@H]1CCCn2ccnc21)c1nc(C(C)(C)C)no1. The molecule has 1 N–H and O–H groups in total. The van der Waals surface area contributed by atoms with Gasteiger partial charge in [0, 0.05) is 36.8 Å². The van der Waals surface area contributed by atoms with Crippen LogP contribution in [0.5, 0.6) is 0 Å². The van der Waals surface area contributed by atoms with E-state index in [-0.39, 0.29) is 11.5 Å². The molecule has 0 saturated heterocycles. The van der Waals surface area contributed by atoms with Gasteiger partial charge < -0.3 is 14.4 Å². The lowest BCUT2D eigenvalue weighted by Gasteiger charge is -2.24. The van der Waals surface area contributed by atoms with Crippen molar-refractivity contribution >= 4 is 0 Å². The summed E-state index contributed by atoms with van der Waals surface area (Å²) in [4.78, 5) is 9.02. The van der Waals surface area contributed by atoms with Crippen LogP contribution in [0.4, 0.5) is 0 Å². The van der Waals surface area contributed by atoms with Crippen LogP contribution in [-0.4, -0.2) is 26.2 Å². The normalized spacial score (nSPS) is 19.9. The van der Waals surface area contributed by atoms with Gasteiger partial charge in [-0.3, -0.25) is 0 Å². The molecule has 0 aliphatic carbocycles. The fraction of sp³-hybridized carbons (Fsp3) is 0.688. The predicted octanol–water partition coefficient (Wildman–Crippen LogP) is 2.79. The third kappa shape index (κ3) is 3.06. The maximum absolute atomic E-state index is 5.40. The second-order valence-corrected chi connectivity index (χ2v) is 7.15. The first kappa shape index (κ1) is 15.2. The summed E-state index contributed by atoms with van der Waals surface area (Å²) < 4.78 is 7.66.